The van der Waals surface area contributed by atoms with Crippen LogP contribution in [0.1, 0.15) is 25.7 Å². The van der Waals surface area contributed by atoms with Crippen LogP contribution in [0.2, 0.25) is 0 Å². The molecule has 6 heteroatoms. The Bertz CT molecular complexity index is 607. The molecule has 0 radical (unpaired) electrons. The molecular weight excluding hydrogens is 326 g/mol. The van der Waals surface area contributed by atoms with Gasteiger partial charge in [-0.1, -0.05) is 30.2 Å². The van der Waals surface area contributed by atoms with E-state index in [9.17, 15) is 4.79 Å². The molecule has 1 aromatic carbocycles. The smallest absolute Gasteiger partial charge is 0.321 e. The lowest BCUT2D eigenvalue weighted by Crippen LogP contribution is -2.36. The molecule has 1 aliphatic carbocycles. The summed E-state index contributed by atoms with van der Waals surface area (Å²) in [6, 6.07) is 6.08. The highest BCUT2D eigenvalue weighted by Gasteiger charge is 2.17. The normalized spacial score (nSPS) is 15.8. The van der Waals surface area contributed by atoms with Gasteiger partial charge in [-0.3, -0.25) is 5.32 Å². The number of benzene rings is 1. The van der Waals surface area contributed by atoms with Crippen molar-refractivity contribution in [3.8, 4) is 0 Å². The van der Waals surface area contributed by atoms with Crippen molar-refractivity contribution in [2.75, 3.05) is 5.32 Å². The van der Waals surface area contributed by atoms with Gasteiger partial charge >= 0.3 is 6.03 Å². The van der Waals surface area contributed by atoms with Crippen LogP contribution in [-0.2, 0) is 0 Å². The molecular formula is C13H14BrN3OS. The summed E-state index contributed by atoms with van der Waals surface area (Å²) in [5.41, 5.74) is 0.892. The van der Waals surface area contributed by atoms with Crippen molar-refractivity contribution in [1.82, 2.24) is 10.3 Å². The first-order valence-electron chi connectivity index (χ1n) is 6.35. The van der Waals surface area contributed by atoms with E-state index in [0.29, 0.717) is 11.2 Å². The Hall–Kier alpha value is -1.14. The van der Waals surface area contributed by atoms with Crippen LogP contribution < -0.4 is 10.6 Å². The van der Waals surface area contributed by atoms with Gasteiger partial charge in [0.25, 0.3) is 0 Å². The number of nitrogens with zero attached hydrogens (tertiary/aromatic N) is 1. The summed E-state index contributed by atoms with van der Waals surface area (Å²) in [5, 5.41) is 6.45. The number of nitrogens with one attached hydrogen (secondary N) is 2. The fourth-order valence-corrected chi connectivity index (χ4v) is 3.83. The van der Waals surface area contributed by atoms with Crippen LogP contribution in [0.4, 0.5) is 9.93 Å². The lowest BCUT2D eigenvalue weighted by molar-refractivity contribution is 0.248. The Kier molecular flexibility index (Phi) is 3.70. The summed E-state index contributed by atoms with van der Waals surface area (Å²) in [4.78, 5) is 16.3. The third kappa shape index (κ3) is 2.90. The van der Waals surface area contributed by atoms with Crippen LogP contribution in [-0.4, -0.2) is 17.1 Å². The van der Waals surface area contributed by atoms with Gasteiger partial charge in [0.1, 0.15) is 0 Å². The maximum absolute atomic E-state index is 11.9. The third-order valence-corrected chi connectivity index (χ3v) is 4.86. The molecule has 0 unspecified atom stereocenters. The number of para-hydroxylation sites is 1. The zero-order valence-electron chi connectivity index (χ0n) is 10.3. The van der Waals surface area contributed by atoms with Gasteiger partial charge in [-0.05, 0) is 40.9 Å². The molecule has 0 aliphatic heterocycles. The highest BCUT2D eigenvalue weighted by Crippen LogP contribution is 2.30. The van der Waals surface area contributed by atoms with Crippen molar-refractivity contribution in [1.29, 1.82) is 0 Å². The van der Waals surface area contributed by atoms with Gasteiger partial charge in [0.15, 0.2) is 5.13 Å². The van der Waals surface area contributed by atoms with Crippen molar-refractivity contribution in [3.63, 3.8) is 0 Å². The van der Waals surface area contributed by atoms with E-state index in [2.05, 4.69) is 31.5 Å². The van der Waals surface area contributed by atoms with Gasteiger partial charge in [-0.2, -0.15) is 0 Å². The number of hydrogen-bond donors (Lipinski definition) is 2. The Morgan fingerprint density at radius 1 is 1.37 bits per heavy atom. The minimum Gasteiger partial charge on any atom is -0.335 e. The zero-order chi connectivity index (χ0) is 13.2. The molecule has 3 rings (SSSR count). The van der Waals surface area contributed by atoms with E-state index in [4.69, 9.17) is 0 Å². The lowest BCUT2D eigenvalue weighted by atomic mass is 10.3. The predicted octanol–water partition coefficient (Wildman–Crippen LogP) is 4.12. The minimum atomic E-state index is -0.151. The minimum absolute atomic E-state index is 0.151. The molecule has 19 heavy (non-hydrogen) atoms. The van der Waals surface area contributed by atoms with Gasteiger partial charge in [0.05, 0.1) is 10.2 Å². The highest BCUT2D eigenvalue weighted by atomic mass is 79.9. The Labute approximate surface area is 123 Å². The molecule has 100 valence electrons. The molecule has 1 aromatic heterocycles. The second kappa shape index (κ2) is 5.46. The molecule has 0 atom stereocenters. The van der Waals surface area contributed by atoms with E-state index in [1.807, 2.05) is 18.2 Å². The Morgan fingerprint density at radius 2 is 2.16 bits per heavy atom. The van der Waals surface area contributed by atoms with Crippen LogP contribution in [0, 0.1) is 0 Å². The number of carbonyl (C=O) groups is 1. The topological polar surface area (TPSA) is 54.0 Å². The third-order valence-electron chi connectivity index (χ3n) is 3.28. The molecule has 0 spiro atoms. The maximum Gasteiger partial charge on any atom is 0.321 e. The summed E-state index contributed by atoms with van der Waals surface area (Å²) in [6.07, 6.45) is 4.58. The molecule has 2 aromatic rings. The number of aromatic nitrogens is 1. The standard InChI is InChI=1S/C13H14BrN3OS/c14-9-6-3-7-10-11(9)16-13(19-10)17-12(18)15-8-4-1-2-5-8/h3,6-8H,1-2,4-5H2,(H2,15,16,17,18). The van der Waals surface area contributed by atoms with Crippen molar-refractivity contribution < 1.29 is 4.79 Å². The number of rotatable bonds is 2. The molecule has 1 saturated carbocycles. The first-order chi connectivity index (χ1) is 9.22. The van der Waals surface area contributed by atoms with Gasteiger partial charge in [0, 0.05) is 10.5 Å². The van der Waals surface area contributed by atoms with E-state index >= 15 is 0 Å². The monoisotopic (exact) mass is 339 g/mol. The molecule has 4 nitrogen and oxygen atoms in total. The van der Waals surface area contributed by atoms with E-state index in [0.717, 1.165) is 27.5 Å². The van der Waals surface area contributed by atoms with Crippen LogP contribution in [0.25, 0.3) is 10.2 Å². The van der Waals surface area contributed by atoms with E-state index in [1.165, 1.54) is 24.2 Å². The second-order valence-electron chi connectivity index (χ2n) is 4.69. The van der Waals surface area contributed by atoms with Crippen LogP contribution >= 0.6 is 27.3 Å². The molecule has 2 N–H and O–H groups in total. The van der Waals surface area contributed by atoms with E-state index < -0.39 is 0 Å². The quantitative estimate of drug-likeness (QED) is 0.864. The fraction of sp³-hybridized carbons (Fsp3) is 0.385. The number of anilines is 1. The molecule has 0 bridgehead atoms. The van der Waals surface area contributed by atoms with Crippen LogP contribution in [0.3, 0.4) is 0 Å². The van der Waals surface area contributed by atoms with E-state index in [1.54, 1.807) is 0 Å². The number of halogens is 1. The first kappa shape index (κ1) is 12.9. The van der Waals surface area contributed by atoms with Gasteiger partial charge < -0.3 is 5.32 Å². The number of carbonyl (C=O) groups excluding carboxylic acids is 1. The molecule has 1 fully saturated rings. The number of thiazole rings is 1. The van der Waals surface area contributed by atoms with Crippen molar-refractivity contribution in [2.45, 2.75) is 31.7 Å². The Morgan fingerprint density at radius 3 is 2.89 bits per heavy atom. The average molecular weight is 340 g/mol. The number of fused-ring (bicyclic) bond motifs is 1. The SMILES string of the molecule is O=C(Nc1nc2c(Br)cccc2s1)NC1CCCC1. The summed E-state index contributed by atoms with van der Waals surface area (Å²) in [6.45, 7) is 0. The lowest BCUT2D eigenvalue weighted by Gasteiger charge is -2.11. The van der Waals surface area contributed by atoms with Crippen LogP contribution in [0.15, 0.2) is 22.7 Å². The van der Waals surface area contributed by atoms with E-state index in [-0.39, 0.29) is 6.03 Å². The summed E-state index contributed by atoms with van der Waals surface area (Å²) >= 11 is 4.95. The van der Waals surface area contributed by atoms with Gasteiger partial charge in [-0.25, -0.2) is 9.78 Å². The largest absolute Gasteiger partial charge is 0.335 e. The number of amides is 2. The maximum atomic E-state index is 11.9. The van der Waals surface area contributed by atoms with Gasteiger partial charge in [-0.15, -0.1) is 0 Å². The zero-order valence-corrected chi connectivity index (χ0v) is 12.7. The number of urea groups is 1. The predicted molar refractivity (Wildman–Crippen MR) is 81.7 cm³/mol. The van der Waals surface area contributed by atoms with Gasteiger partial charge in [0.2, 0.25) is 0 Å². The molecule has 0 saturated heterocycles. The second-order valence-corrected chi connectivity index (χ2v) is 6.57. The van der Waals surface area contributed by atoms with Crippen molar-refractivity contribution in [2.24, 2.45) is 0 Å². The highest BCUT2D eigenvalue weighted by molar-refractivity contribution is 9.10. The summed E-state index contributed by atoms with van der Waals surface area (Å²) in [7, 11) is 0. The Balaban J connectivity index is 1.70. The average Bonchev–Trinajstić information content (AvgIpc) is 2.98. The molecule has 2 amide bonds. The van der Waals surface area contributed by atoms with Crippen LogP contribution in [0.5, 0.6) is 0 Å². The first-order valence-corrected chi connectivity index (χ1v) is 7.96. The summed E-state index contributed by atoms with van der Waals surface area (Å²) < 4.78 is 2.01. The van der Waals surface area contributed by atoms with Crippen molar-refractivity contribution in [3.05, 3.63) is 22.7 Å². The molecule has 1 heterocycles. The number of hydrogen-bond acceptors (Lipinski definition) is 3. The van der Waals surface area contributed by atoms with Crippen molar-refractivity contribution >= 4 is 48.6 Å². The molecule has 1 aliphatic rings. The summed E-state index contributed by atoms with van der Waals surface area (Å²) in [5.74, 6) is 0. The fourth-order valence-electron chi connectivity index (χ4n) is 2.36.